The highest BCUT2D eigenvalue weighted by Crippen LogP contribution is 2.36. The Labute approximate surface area is 109 Å². The number of aliphatic carboxylic acids is 1. The van der Waals surface area contributed by atoms with Crippen LogP contribution in [0, 0.1) is 5.41 Å². The van der Waals surface area contributed by atoms with E-state index in [1.165, 1.54) is 11.9 Å². The van der Waals surface area contributed by atoms with Gasteiger partial charge < -0.3 is 15.3 Å². The van der Waals surface area contributed by atoms with Crippen LogP contribution in [0.3, 0.4) is 0 Å². The molecule has 0 heterocycles. The van der Waals surface area contributed by atoms with Gasteiger partial charge in [0.15, 0.2) is 0 Å². The molecule has 2 atom stereocenters. The largest absolute Gasteiger partial charge is 0.480 e. The van der Waals surface area contributed by atoms with Crippen molar-refractivity contribution in [3.05, 3.63) is 0 Å². The van der Waals surface area contributed by atoms with Gasteiger partial charge in [0.25, 0.3) is 0 Å². The summed E-state index contributed by atoms with van der Waals surface area (Å²) in [6, 6.07) is -0.868. The van der Waals surface area contributed by atoms with E-state index in [-0.39, 0.29) is 17.5 Å². The maximum atomic E-state index is 12.0. The Morgan fingerprint density at radius 1 is 1.50 bits per heavy atom. The molecule has 5 nitrogen and oxygen atoms in total. The minimum atomic E-state index is -0.957. The lowest BCUT2D eigenvalue weighted by Crippen LogP contribution is -2.49. The number of nitrogens with one attached hydrogen (secondary N) is 1. The highest BCUT2D eigenvalue weighted by atomic mass is 16.4. The smallest absolute Gasteiger partial charge is 0.326 e. The van der Waals surface area contributed by atoms with E-state index in [0.29, 0.717) is 6.42 Å². The van der Waals surface area contributed by atoms with E-state index in [9.17, 15) is 9.59 Å². The zero-order valence-electron chi connectivity index (χ0n) is 11.7. The maximum Gasteiger partial charge on any atom is 0.326 e. The van der Waals surface area contributed by atoms with Crippen LogP contribution in [-0.2, 0) is 4.79 Å². The molecule has 0 aromatic rings. The molecule has 0 bridgehead atoms. The van der Waals surface area contributed by atoms with Crippen molar-refractivity contribution in [1.82, 2.24) is 10.2 Å². The third-order valence-corrected chi connectivity index (χ3v) is 3.76. The van der Waals surface area contributed by atoms with Gasteiger partial charge in [-0.1, -0.05) is 20.8 Å². The molecule has 2 unspecified atom stereocenters. The number of hydrogen-bond donors (Lipinski definition) is 2. The minimum Gasteiger partial charge on any atom is -0.480 e. The summed E-state index contributed by atoms with van der Waals surface area (Å²) in [4.78, 5) is 24.2. The SMILES string of the molecule is CCC(C(=O)O)N(C)C(=O)NC1CCC(C)(C)C1. The fourth-order valence-corrected chi connectivity index (χ4v) is 2.59. The van der Waals surface area contributed by atoms with E-state index in [4.69, 9.17) is 5.11 Å². The van der Waals surface area contributed by atoms with Crippen molar-refractivity contribution in [3.63, 3.8) is 0 Å². The van der Waals surface area contributed by atoms with Gasteiger partial charge in [0.05, 0.1) is 0 Å². The molecule has 18 heavy (non-hydrogen) atoms. The molecule has 2 amide bonds. The van der Waals surface area contributed by atoms with Crippen LogP contribution in [0.2, 0.25) is 0 Å². The number of nitrogens with zero attached hydrogens (tertiary/aromatic N) is 1. The molecule has 1 rings (SSSR count). The summed E-state index contributed by atoms with van der Waals surface area (Å²) < 4.78 is 0. The quantitative estimate of drug-likeness (QED) is 0.809. The van der Waals surface area contributed by atoms with Crippen LogP contribution < -0.4 is 5.32 Å². The van der Waals surface area contributed by atoms with E-state index in [1.807, 2.05) is 0 Å². The highest BCUT2D eigenvalue weighted by molar-refractivity contribution is 5.82. The van der Waals surface area contributed by atoms with E-state index in [2.05, 4.69) is 19.2 Å². The fourth-order valence-electron chi connectivity index (χ4n) is 2.59. The number of carboxylic acids is 1. The normalized spacial score (nSPS) is 23.4. The first-order valence-corrected chi connectivity index (χ1v) is 6.53. The molecule has 0 radical (unpaired) electrons. The molecule has 0 aliphatic heterocycles. The van der Waals surface area contributed by atoms with Crippen LogP contribution >= 0.6 is 0 Å². The Morgan fingerprint density at radius 3 is 2.50 bits per heavy atom. The van der Waals surface area contributed by atoms with Crippen molar-refractivity contribution in [2.75, 3.05) is 7.05 Å². The average molecular weight is 256 g/mol. The van der Waals surface area contributed by atoms with Gasteiger partial charge in [-0.25, -0.2) is 9.59 Å². The Morgan fingerprint density at radius 2 is 2.11 bits per heavy atom. The van der Waals surface area contributed by atoms with Gasteiger partial charge >= 0.3 is 12.0 Å². The number of carboxylic acid groups (broad SMARTS) is 1. The van der Waals surface area contributed by atoms with Crippen LogP contribution in [0.25, 0.3) is 0 Å². The van der Waals surface area contributed by atoms with Crippen LogP contribution in [0.5, 0.6) is 0 Å². The molecule has 0 aromatic heterocycles. The zero-order valence-corrected chi connectivity index (χ0v) is 11.7. The highest BCUT2D eigenvalue weighted by Gasteiger charge is 2.33. The topological polar surface area (TPSA) is 69.6 Å². The second kappa shape index (κ2) is 5.59. The number of rotatable bonds is 4. The fraction of sp³-hybridized carbons (Fsp3) is 0.846. The van der Waals surface area contributed by atoms with Gasteiger partial charge in [-0.3, -0.25) is 0 Å². The number of hydrogen-bond acceptors (Lipinski definition) is 2. The van der Waals surface area contributed by atoms with Crippen LogP contribution in [0.1, 0.15) is 46.5 Å². The maximum absolute atomic E-state index is 12.0. The monoisotopic (exact) mass is 256 g/mol. The van der Waals surface area contributed by atoms with Gasteiger partial charge in [0.1, 0.15) is 6.04 Å². The molecule has 0 saturated heterocycles. The molecule has 104 valence electrons. The van der Waals surface area contributed by atoms with E-state index in [0.717, 1.165) is 19.3 Å². The van der Waals surface area contributed by atoms with Gasteiger partial charge in [0.2, 0.25) is 0 Å². The predicted octanol–water partition coefficient (Wildman–Crippen LogP) is 2.07. The summed E-state index contributed by atoms with van der Waals surface area (Å²) in [5, 5.41) is 11.9. The second-order valence-electron chi connectivity index (χ2n) is 5.93. The average Bonchev–Trinajstić information content (AvgIpc) is 2.58. The molecule has 0 spiro atoms. The summed E-state index contributed by atoms with van der Waals surface area (Å²) in [6.07, 6.45) is 3.43. The lowest BCUT2D eigenvalue weighted by Gasteiger charge is -2.26. The van der Waals surface area contributed by atoms with E-state index < -0.39 is 12.0 Å². The Bertz CT molecular complexity index is 328. The summed E-state index contributed by atoms with van der Waals surface area (Å²) in [6.45, 7) is 6.14. The molecule has 1 fully saturated rings. The van der Waals surface area contributed by atoms with Crippen molar-refractivity contribution in [2.45, 2.75) is 58.5 Å². The van der Waals surface area contributed by atoms with Gasteiger partial charge in [0, 0.05) is 13.1 Å². The number of amides is 2. The number of carbonyl (C=O) groups is 2. The summed E-state index contributed by atoms with van der Waals surface area (Å²) >= 11 is 0. The molecule has 1 aliphatic rings. The van der Waals surface area contributed by atoms with Crippen molar-refractivity contribution in [3.8, 4) is 0 Å². The van der Waals surface area contributed by atoms with E-state index >= 15 is 0 Å². The Hall–Kier alpha value is -1.26. The van der Waals surface area contributed by atoms with Crippen molar-refractivity contribution < 1.29 is 14.7 Å². The van der Waals surface area contributed by atoms with E-state index in [1.54, 1.807) is 6.92 Å². The molecule has 0 aromatic carbocycles. The lowest BCUT2D eigenvalue weighted by atomic mass is 9.92. The second-order valence-corrected chi connectivity index (χ2v) is 5.93. The van der Waals surface area contributed by atoms with Gasteiger partial charge in [-0.15, -0.1) is 0 Å². The first kappa shape index (κ1) is 14.8. The molecule has 1 saturated carbocycles. The number of likely N-dealkylation sites (N-methyl/N-ethyl adjacent to an activating group) is 1. The molecule has 1 aliphatic carbocycles. The first-order chi connectivity index (χ1) is 8.26. The lowest BCUT2D eigenvalue weighted by molar-refractivity contribution is -0.141. The van der Waals surface area contributed by atoms with Crippen molar-refractivity contribution in [1.29, 1.82) is 0 Å². The molecular formula is C13H24N2O3. The third kappa shape index (κ3) is 3.62. The summed E-state index contributed by atoms with van der Waals surface area (Å²) in [5.41, 5.74) is 0.271. The van der Waals surface area contributed by atoms with Crippen LogP contribution in [0.4, 0.5) is 4.79 Å². The molecular weight excluding hydrogens is 232 g/mol. The molecule has 5 heteroatoms. The number of carbonyl (C=O) groups excluding carboxylic acids is 1. The Balaban J connectivity index is 2.53. The summed E-state index contributed by atoms with van der Waals surface area (Å²) in [5.74, 6) is -0.957. The van der Waals surface area contributed by atoms with Crippen molar-refractivity contribution in [2.24, 2.45) is 5.41 Å². The third-order valence-electron chi connectivity index (χ3n) is 3.76. The predicted molar refractivity (Wildman–Crippen MR) is 69.4 cm³/mol. The van der Waals surface area contributed by atoms with Crippen molar-refractivity contribution >= 4 is 12.0 Å². The standard InChI is InChI=1S/C13H24N2O3/c1-5-10(11(16)17)15(4)12(18)14-9-6-7-13(2,3)8-9/h9-10H,5-8H2,1-4H3,(H,14,18)(H,16,17). The minimum absolute atomic E-state index is 0.168. The Kier molecular flexibility index (Phi) is 4.59. The van der Waals surface area contributed by atoms with Crippen LogP contribution in [-0.4, -0.2) is 41.1 Å². The van der Waals surface area contributed by atoms with Crippen LogP contribution in [0.15, 0.2) is 0 Å². The summed E-state index contributed by atoms with van der Waals surface area (Å²) in [7, 11) is 1.54. The van der Waals surface area contributed by atoms with Gasteiger partial charge in [-0.05, 0) is 31.1 Å². The number of urea groups is 1. The van der Waals surface area contributed by atoms with Gasteiger partial charge in [-0.2, -0.15) is 0 Å². The zero-order chi connectivity index (χ0) is 13.9. The molecule has 2 N–H and O–H groups in total. The first-order valence-electron chi connectivity index (χ1n) is 6.53.